The first kappa shape index (κ1) is 12.2. The van der Waals surface area contributed by atoms with E-state index in [1.165, 1.54) is 29.6 Å². The largest absolute Gasteiger partial charge is 0.0836 e. The summed E-state index contributed by atoms with van der Waals surface area (Å²) in [7, 11) is 0. The van der Waals surface area contributed by atoms with E-state index in [4.69, 9.17) is 0 Å². The van der Waals surface area contributed by atoms with Crippen molar-refractivity contribution in [3.05, 3.63) is 34.9 Å². The molecule has 0 spiro atoms. The van der Waals surface area contributed by atoms with E-state index >= 15 is 0 Å². The van der Waals surface area contributed by atoms with Crippen LogP contribution in [0, 0.1) is 0 Å². The van der Waals surface area contributed by atoms with Crippen LogP contribution in [0.5, 0.6) is 0 Å². The van der Waals surface area contributed by atoms with E-state index in [2.05, 4.69) is 39.0 Å². The summed E-state index contributed by atoms with van der Waals surface area (Å²) in [5, 5.41) is 0. The molecule has 1 rings (SSSR count). The molecule has 0 aromatic carbocycles. The third-order valence-electron chi connectivity index (χ3n) is 2.18. The summed E-state index contributed by atoms with van der Waals surface area (Å²) in [6.07, 6.45) is 9.21. The maximum Gasteiger partial charge on any atom is -0.0271 e. The van der Waals surface area contributed by atoms with Crippen LogP contribution in [-0.4, -0.2) is 0 Å². The molecular formula is C13H22. The lowest BCUT2D eigenvalue weighted by molar-refractivity contribution is 1.01. The van der Waals surface area contributed by atoms with Crippen molar-refractivity contribution in [2.24, 2.45) is 0 Å². The second-order valence-corrected chi connectivity index (χ2v) is 3.26. The van der Waals surface area contributed by atoms with Gasteiger partial charge in [0.05, 0.1) is 0 Å². The average molecular weight is 178 g/mol. The van der Waals surface area contributed by atoms with Crippen LogP contribution in [-0.2, 0) is 0 Å². The van der Waals surface area contributed by atoms with Gasteiger partial charge in [0.15, 0.2) is 0 Å². The number of allylic oxidation sites excluding steroid dienone is 6. The Balaban J connectivity index is 0.000000671. The Bertz CT molecular complexity index is 222. The van der Waals surface area contributed by atoms with Gasteiger partial charge in [-0.1, -0.05) is 37.6 Å². The molecule has 0 saturated carbocycles. The summed E-state index contributed by atoms with van der Waals surface area (Å²) in [6, 6.07) is 0. The number of hydrogen-bond acceptors (Lipinski definition) is 0. The van der Waals surface area contributed by atoms with Crippen LogP contribution < -0.4 is 0 Å². The molecule has 0 fully saturated rings. The smallest absolute Gasteiger partial charge is 0.0271 e. The van der Waals surface area contributed by atoms with Gasteiger partial charge in [0.25, 0.3) is 0 Å². The van der Waals surface area contributed by atoms with Gasteiger partial charge in [-0.25, -0.2) is 0 Å². The van der Waals surface area contributed by atoms with Gasteiger partial charge < -0.3 is 0 Å². The highest BCUT2D eigenvalue weighted by Crippen LogP contribution is 2.19. The topological polar surface area (TPSA) is 0 Å². The molecule has 0 aromatic heterocycles. The van der Waals surface area contributed by atoms with Crippen LogP contribution in [0.2, 0.25) is 0 Å². The normalized spacial score (nSPS) is 14.1. The standard InChI is InChI=1S/C11H16.C2H6/c1-9(2)10(3)11-7-5-4-6-8-11;1-2/h5,7-8H,4,6H2,1-3H3;1-2H3. The van der Waals surface area contributed by atoms with Crippen molar-refractivity contribution in [1.82, 2.24) is 0 Å². The lowest BCUT2D eigenvalue weighted by atomic mass is 9.98. The van der Waals surface area contributed by atoms with Crippen molar-refractivity contribution < 1.29 is 0 Å². The minimum atomic E-state index is 1.20. The molecule has 0 atom stereocenters. The van der Waals surface area contributed by atoms with Gasteiger partial charge >= 0.3 is 0 Å². The fraction of sp³-hybridized carbons (Fsp3) is 0.538. The first-order valence-corrected chi connectivity index (χ1v) is 5.23. The molecule has 0 aromatic rings. The van der Waals surface area contributed by atoms with Crippen molar-refractivity contribution in [2.45, 2.75) is 47.5 Å². The molecule has 1 aliphatic rings. The fourth-order valence-corrected chi connectivity index (χ4v) is 1.18. The molecule has 0 heterocycles. The van der Waals surface area contributed by atoms with Gasteiger partial charge in [-0.3, -0.25) is 0 Å². The van der Waals surface area contributed by atoms with Gasteiger partial charge in [-0.15, -0.1) is 0 Å². The van der Waals surface area contributed by atoms with E-state index < -0.39 is 0 Å². The lowest BCUT2D eigenvalue weighted by Gasteiger charge is -2.08. The van der Waals surface area contributed by atoms with Crippen LogP contribution in [0.25, 0.3) is 0 Å². The Morgan fingerprint density at radius 1 is 1.08 bits per heavy atom. The average Bonchev–Trinajstić information content (AvgIpc) is 2.21. The molecule has 0 amide bonds. The molecule has 0 radical (unpaired) electrons. The molecule has 0 aliphatic heterocycles. The Morgan fingerprint density at radius 3 is 2.08 bits per heavy atom. The molecule has 0 saturated heterocycles. The third-order valence-corrected chi connectivity index (χ3v) is 2.18. The second-order valence-electron chi connectivity index (χ2n) is 3.26. The van der Waals surface area contributed by atoms with Crippen LogP contribution in [0.1, 0.15) is 47.5 Å². The minimum absolute atomic E-state index is 1.20. The first-order valence-electron chi connectivity index (χ1n) is 5.23. The van der Waals surface area contributed by atoms with E-state index in [-0.39, 0.29) is 0 Å². The highest BCUT2D eigenvalue weighted by molar-refractivity contribution is 5.41. The van der Waals surface area contributed by atoms with Crippen LogP contribution >= 0.6 is 0 Å². The zero-order valence-corrected chi connectivity index (χ0v) is 9.65. The summed E-state index contributed by atoms with van der Waals surface area (Å²) in [5.74, 6) is 0. The van der Waals surface area contributed by atoms with Crippen molar-refractivity contribution >= 4 is 0 Å². The van der Waals surface area contributed by atoms with Crippen LogP contribution in [0.3, 0.4) is 0 Å². The summed E-state index contributed by atoms with van der Waals surface area (Å²) < 4.78 is 0. The number of hydrogen-bond donors (Lipinski definition) is 0. The van der Waals surface area contributed by atoms with Crippen LogP contribution in [0.15, 0.2) is 34.9 Å². The second kappa shape index (κ2) is 6.71. The summed E-state index contributed by atoms with van der Waals surface area (Å²) in [4.78, 5) is 0. The summed E-state index contributed by atoms with van der Waals surface area (Å²) in [5.41, 5.74) is 4.26. The van der Waals surface area contributed by atoms with Gasteiger partial charge in [0.2, 0.25) is 0 Å². The Labute approximate surface area is 83.0 Å². The molecule has 0 N–H and O–H groups in total. The third kappa shape index (κ3) is 4.12. The Hall–Kier alpha value is -0.780. The molecule has 13 heavy (non-hydrogen) atoms. The van der Waals surface area contributed by atoms with Gasteiger partial charge in [0, 0.05) is 0 Å². The van der Waals surface area contributed by atoms with E-state index in [0.29, 0.717) is 0 Å². The van der Waals surface area contributed by atoms with Crippen molar-refractivity contribution in [1.29, 1.82) is 0 Å². The fourth-order valence-electron chi connectivity index (χ4n) is 1.18. The summed E-state index contributed by atoms with van der Waals surface area (Å²) in [6.45, 7) is 10.5. The van der Waals surface area contributed by atoms with Gasteiger partial charge in [0.1, 0.15) is 0 Å². The van der Waals surface area contributed by atoms with E-state index in [9.17, 15) is 0 Å². The predicted molar refractivity (Wildman–Crippen MR) is 61.9 cm³/mol. The zero-order chi connectivity index (χ0) is 10.3. The van der Waals surface area contributed by atoms with Crippen molar-refractivity contribution in [3.63, 3.8) is 0 Å². The Kier molecular flexibility index (Phi) is 6.30. The van der Waals surface area contributed by atoms with E-state index in [1.807, 2.05) is 13.8 Å². The molecule has 0 heteroatoms. The predicted octanol–water partition coefficient (Wildman–Crippen LogP) is 4.65. The molecular weight excluding hydrogens is 156 g/mol. The molecule has 0 nitrogen and oxygen atoms in total. The maximum atomic E-state index is 2.32. The van der Waals surface area contributed by atoms with Crippen molar-refractivity contribution in [3.8, 4) is 0 Å². The monoisotopic (exact) mass is 178 g/mol. The lowest BCUT2D eigenvalue weighted by Crippen LogP contribution is -1.88. The van der Waals surface area contributed by atoms with Gasteiger partial charge in [-0.05, 0) is 44.8 Å². The molecule has 1 aliphatic carbocycles. The van der Waals surface area contributed by atoms with E-state index in [1.54, 1.807) is 0 Å². The quantitative estimate of drug-likeness (QED) is 0.548. The highest BCUT2D eigenvalue weighted by atomic mass is 14.1. The number of rotatable bonds is 1. The highest BCUT2D eigenvalue weighted by Gasteiger charge is 1.99. The Morgan fingerprint density at radius 2 is 1.69 bits per heavy atom. The first-order chi connectivity index (χ1) is 6.22. The van der Waals surface area contributed by atoms with Crippen LogP contribution in [0.4, 0.5) is 0 Å². The minimum Gasteiger partial charge on any atom is -0.0836 e. The SMILES string of the molecule is CC.CC(C)=C(C)C1=CCCC=C1. The zero-order valence-electron chi connectivity index (χ0n) is 9.65. The maximum absolute atomic E-state index is 2.32. The van der Waals surface area contributed by atoms with E-state index in [0.717, 1.165) is 0 Å². The molecule has 0 unspecified atom stereocenters. The van der Waals surface area contributed by atoms with Crippen molar-refractivity contribution in [2.75, 3.05) is 0 Å². The molecule has 0 bridgehead atoms. The summed E-state index contributed by atoms with van der Waals surface area (Å²) >= 11 is 0. The van der Waals surface area contributed by atoms with Gasteiger partial charge in [-0.2, -0.15) is 0 Å². The molecule has 74 valence electrons.